The van der Waals surface area contributed by atoms with E-state index in [1.54, 1.807) is 0 Å². The SMILES string of the molecule is CC1C2C=CC(C(=O)Nc3ccc(-c4ccc(OC5CCN(C)CC5)cc4)cc3)=CC12. The van der Waals surface area contributed by atoms with Gasteiger partial charge in [0.15, 0.2) is 0 Å². The highest BCUT2D eigenvalue weighted by Crippen LogP contribution is 2.50. The highest BCUT2D eigenvalue weighted by atomic mass is 16.5. The molecule has 160 valence electrons. The van der Waals surface area contributed by atoms with Crippen molar-refractivity contribution in [2.75, 3.05) is 25.5 Å². The molecule has 4 nitrogen and oxygen atoms in total. The Balaban J connectivity index is 1.18. The van der Waals surface area contributed by atoms with E-state index < -0.39 is 0 Å². The first-order valence-electron chi connectivity index (χ1n) is 11.3. The largest absolute Gasteiger partial charge is 0.490 e. The number of ether oxygens (including phenoxy) is 1. The molecule has 3 unspecified atom stereocenters. The van der Waals surface area contributed by atoms with E-state index in [0.717, 1.165) is 54.1 Å². The Morgan fingerprint density at radius 3 is 2.26 bits per heavy atom. The quantitative estimate of drug-likeness (QED) is 0.736. The second-order valence-corrected chi connectivity index (χ2v) is 9.17. The standard InChI is InChI=1S/C27H30N2O2/c1-18-25-12-7-21(17-26(18)25)27(30)28-22-8-3-19(4-9-22)20-5-10-23(11-6-20)31-24-13-15-29(2)16-14-24/h3-12,17-18,24-26H,13-16H2,1-2H3,(H,28,30). The third kappa shape index (κ3) is 4.45. The van der Waals surface area contributed by atoms with Crippen molar-refractivity contribution in [2.45, 2.75) is 25.9 Å². The van der Waals surface area contributed by atoms with Crippen LogP contribution in [0.4, 0.5) is 5.69 Å². The maximum atomic E-state index is 12.6. The Hall–Kier alpha value is -2.85. The van der Waals surface area contributed by atoms with Crippen molar-refractivity contribution in [3.05, 3.63) is 72.3 Å². The number of anilines is 1. The van der Waals surface area contributed by atoms with Crippen LogP contribution in [0.5, 0.6) is 5.75 Å². The van der Waals surface area contributed by atoms with E-state index in [1.165, 1.54) is 0 Å². The lowest BCUT2D eigenvalue weighted by molar-refractivity contribution is -0.112. The molecule has 2 fully saturated rings. The molecule has 3 aliphatic rings. The van der Waals surface area contributed by atoms with E-state index in [4.69, 9.17) is 4.74 Å². The normalized spacial score (nSPS) is 25.5. The first kappa shape index (κ1) is 20.1. The van der Waals surface area contributed by atoms with Crippen molar-refractivity contribution in [1.82, 2.24) is 4.90 Å². The number of fused-ring (bicyclic) bond motifs is 1. The van der Waals surface area contributed by atoms with E-state index >= 15 is 0 Å². The minimum Gasteiger partial charge on any atom is -0.490 e. The van der Waals surface area contributed by atoms with Crippen LogP contribution in [-0.4, -0.2) is 37.0 Å². The van der Waals surface area contributed by atoms with Crippen LogP contribution in [-0.2, 0) is 4.79 Å². The Labute approximate surface area is 184 Å². The van der Waals surface area contributed by atoms with Crippen LogP contribution in [0.2, 0.25) is 0 Å². The van der Waals surface area contributed by atoms with Crippen LogP contribution < -0.4 is 10.1 Å². The average molecular weight is 415 g/mol. The molecular formula is C27H30N2O2. The van der Waals surface area contributed by atoms with Crippen LogP contribution in [0.15, 0.2) is 72.3 Å². The lowest BCUT2D eigenvalue weighted by Crippen LogP contribution is -2.35. The molecule has 1 saturated carbocycles. The molecule has 2 aromatic carbocycles. The summed E-state index contributed by atoms with van der Waals surface area (Å²) < 4.78 is 6.15. The lowest BCUT2D eigenvalue weighted by atomic mass is 10.0. The second-order valence-electron chi connectivity index (χ2n) is 9.17. The van der Waals surface area contributed by atoms with Crippen LogP contribution in [0.3, 0.4) is 0 Å². The number of allylic oxidation sites excluding steroid dienone is 2. The molecule has 1 N–H and O–H groups in total. The maximum absolute atomic E-state index is 12.6. The lowest BCUT2D eigenvalue weighted by Gasteiger charge is -2.29. The summed E-state index contributed by atoms with van der Waals surface area (Å²) in [4.78, 5) is 14.9. The van der Waals surface area contributed by atoms with Crippen molar-refractivity contribution >= 4 is 11.6 Å². The van der Waals surface area contributed by atoms with E-state index in [9.17, 15) is 4.79 Å². The Morgan fingerprint density at radius 1 is 0.968 bits per heavy atom. The van der Waals surface area contributed by atoms with Crippen molar-refractivity contribution < 1.29 is 9.53 Å². The number of nitrogens with one attached hydrogen (secondary N) is 1. The predicted molar refractivity (Wildman–Crippen MR) is 125 cm³/mol. The van der Waals surface area contributed by atoms with Gasteiger partial charge < -0.3 is 15.0 Å². The summed E-state index contributed by atoms with van der Waals surface area (Å²) >= 11 is 0. The average Bonchev–Trinajstić information content (AvgIpc) is 3.45. The molecule has 0 aromatic heterocycles. The third-order valence-electron chi connectivity index (χ3n) is 6.95. The number of rotatable bonds is 5. The number of hydrogen-bond donors (Lipinski definition) is 1. The Kier molecular flexibility index (Phi) is 5.41. The molecule has 1 heterocycles. The number of carbonyl (C=O) groups is 1. The number of hydrogen-bond acceptors (Lipinski definition) is 3. The Morgan fingerprint density at radius 2 is 1.61 bits per heavy atom. The van der Waals surface area contributed by atoms with Crippen LogP contribution in [0, 0.1) is 17.8 Å². The van der Waals surface area contributed by atoms with Gasteiger partial charge in [-0.05, 0) is 73.0 Å². The van der Waals surface area contributed by atoms with E-state index in [2.05, 4.69) is 60.6 Å². The number of carbonyl (C=O) groups excluding carboxylic acids is 1. The molecule has 4 heteroatoms. The van der Waals surface area contributed by atoms with Crippen molar-refractivity contribution in [3.8, 4) is 16.9 Å². The molecule has 1 amide bonds. The summed E-state index contributed by atoms with van der Waals surface area (Å²) in [7, 11) is 2.16. The minimum atomic E-state index is -0.0306. The predicted octanol–water partition coefficient (Wildman–Crippen LogP) is 5.14. The number of amides is 1. The van der Waals surface area contributed by atoms with Gasteiger partial charge in [0.1, 0.15) is 11.9 Å². The third-order valence-corrected chi connectivity index (χ3v) is 6.95. The van der Waals surface area contributed by atoms with Gasteiger partial charge in [0.05, 0.1) is 0 Å². The highest BCUT2D eigenvalue weighted by molar-refractivity contribution is 6.06. The summed E-state index contributed by atoms with van der Waals surface area (Å²) in [5.74, 6) is 2.75. The summed E-state index contributed by atoms with van der Waals surface area (Å²) in [5, 5.41) is 3.02. The number of nitrogens with zero attached hydrogens (tertiary/aromatic N) is 1. The van der Waals surface area contributed by atoms with Crippen LogP contribution >= 0.6 is 0 Å². The summed E-state index contributed by atoms with van der Waals surface area (Å²) in [6, 6.07) is 16.3. The first-order valence-corrected chi connectivity index (χ1v) is 11.3. The summed E-state index contributed by atoms with van der Waals surface area (Å²) in [6.07, 6.45) is 8.73. The fraction of sp³-hybridized carbons (Fsp3) is 0.370. The van der Waals surface area contributed by atoms with Gasteiger partial charge in [0, 0.05) is 24.4 Å². The van der Waals surface area contributed by atoms with Crippen molar-refractivity contribution in [2.24, 2.45) is 17.8 Å². The number of piperidine rings is 1. The zero-order valence-electron chi connectivity index (χ0n) is 18.3. The fourth-order valence-corrected chi connectivity index (χ4v) is 4.69. The molecule has 0 radical (unpaired) electrons. The molecule has 31 heavy (non-hydrogen) atoms. The molecule has 3 atom stereocenters. The van der Waals surface area contributed by atoms with Gasteiger partial charge >= 0.3 is 0 Å². The fourth-order valence-electron chi connectivity index (χ4n) is 4.69. The summed E-state index contributed by atoms with van der Waals surface area (Å²) in [5.41, 5.74) is 3.85. The number of benzene rings is 2. The molecule has 5 rings (SSSR count). The van der Waals surface area contributed by atoms with Gasteiger partial charge in [0.25, 0.3) is 5.91 Å². The zero-order chi connectivity index (χ0) is 21.4. The van der Waals surface area contributed by atoms with Gasteiger partial charge in [-0.3, -0.25) is 4.79 Å². The van der Waals surface area contributed by atoms with Crippen molar-refractivity contribution in [3.63, 3.8) is 0 Å². The molecule has 1 aliphatic heterocycles. The van der Waals surface area contributed by atoms with Gasteiger partial charge in [-0.15, -0.1) is 0 Å². The molecule has 2 aliphatic carbocycles. The molecule has 1 saturated heterocycles. The molecular weight excluding hydrogens is 384 g/mol. The minimum absolute atomic E-state index is 0.0306. The zero-order valence-corrected chi connectivity index (χ0v) is 18.3. The van der Waals surface area contributed by atoms with Crippen LogP contribution in [0.25, 0.3) is 11.1 Å². The van der Waals surface area contributed by atoms with Gasteiger partial charge in [0.2, 0.25) is 0 Å². The molecule has 2 aromatic rings. The smallest absolute Gasteiger partial charge is 0.255 e. The van der Waals surface area contributed by atoms with E-state index in [1.807, 2.05) is 30.3 Å². The van der Waals surface area contributed by atoms with Gasteiger partial charge in [-0.2, -0.15) is 0 Å². The molecule has 0 bridgehead atoms. The maximum Gasteiger partial charge on any atom is 0.255 e. The monoisotopic (exact) mass is 414 g/mol. The van der Waals surface area contributed by atoms with E-state index in [-0.39, 0.29) is 5.91 Å². The Bertz CT molecular complexity index is 999. The van der Waals surface area contributed by atoms with Gasteiger partial charge in [-0.1, -0.05) is 49.4 Å². The second kappa shape index (κ2) is 8.35. The van der Waals surface area contributed by atoms with Crippen LogP contribution in [0.1, 0.15) is 19.8 Å². The number of likely N-dealkylation sites (tertiary alicyclic amines) is 1. The first-order chi connectivity index (χ1) is 15.1. The summed E-state index contributed by atoms with van der Waals surface area (Å²) in [6.45, 7) is 4.43. The highest BCUT2D eigenvalue weighted by Gasteiger charge is 2.45. The molecule has 0 spiro atoms. The van der Waals surface area contributed by atoms with Crippen molar-refractivity contribution in [1.29, 1.82) is 0 Å². The topological polar surface area (TPSA) is 41.6 Å². The van der Waals surface area contributed by atoms with Gasteiger partial charge in [-0.25, -0.2) is 0 Å². The van der Waals surface area contributed by atoms with E-state index in [0.29, 0.717) is 23.9 Å².